The number of pyridine rings is 1. The van der Waals surface area contributed by atoms with Gasteiger partial charge < -0.3 is 9.30 Å². The van der Waals surface area contributed by atoms with Crippen molar-refractivity contribution >= 4 is 5.52 Å². The summed E-state index contributed by atoms with van der Waals surface area (Å²) in [6, 6.07) is 6.25. The van der Waals surface area contributed by atoms with Gasteiger partial charge in [0.15, 0.2) is 0 Å². The molecule has 3 nitrogen and oxygen atoms in total. The van der Waals surface area contributed by atoms with Crippen LogP contribution >= 0.6 is 0 Å². The lowest BCUT2D eigenvalue weighted by atomic mass is 9.95. The molecule has 2 aromatic rings. The SMILES string of the molecule is CN1CCCC(Cc2ncc3ccccn23)C1. The van der Waals surface area contributed by atoms with E-state index < -0.39 is 0 Å². The molecule has 2 aromatic heterocycles. The highest BCUT2D eigenvalue weighted by atomic mass is 15.1. The van der Waals surface area contributed by atoms with Gasteiger partial charge in [0.2, 0.25) is 0 Å². The molecule has 0 radical (unpaired) electrons. The zero-order valence-corrected chi connectivity index (χ0v) is 10.3. The van der Waals surface area contributed by atoms with Crippen molar-refractivity contribution in [1.29, 1.82) is 0 Å². The van der Waals surface area contributed by atoms with Crippen LogP contribution in [0.3, 0.4) is 0 Å². The largest absolute Gasteiger partial charge is 0.306 e. The summed E-state index contributed by atoms with van der Waals surface area (Å²) in [6.45, 7) is 2.46. The number of rotatable bonds is 2. The van der Waals surface area contributed by atoms with E-state index >= 15 is 0 Å². The van der Waals surface area contributed by atoms with Crippen molar-refractivity contribution in [3.05, 3.63) is 36.4 Å². The number of imidazole rings is 1. The molecule has 0 saturated carbocycles. The number of piperidine rings is 1. The van der Waals surface area contributed by atoms with E-state index in [0.717, 1.165) is 12.3 Å². The van der Waals surface area contributed by atoms with Crippen LogP contribution in [-0.4, -0.2) is 34.4 Å². The Bertz CT molecular complexity index is 503. The Kier molecular flexibility index (Phi) is 2.85. The van der Waals surface area contributed by atoms with E-state index in [1.807, 2.05) is 6.20 Å². The zero-order chi connectivity index (χ0) is 11.7. The quantitative estimate of drug-likeness (QED) is 0.787. The molecule has 1 saturated heterocycles. The van der Waals surface area contributed by atoms with E-state index in [9.17, 15) is 0 Å². The zero-order valence-electron chi connectivity index (χ0n) is 10.3. The Morgan fingerprint density at radius 1 is 1.41 bits per heavy atom. The van der Waals surface area contributed by atoms with Crippen molar-refractivity contribution in [2.24, 2.45) is 5.92 Å². The summed E-state index contributed by atoms with van der Waals surface area (Å²) in [5.74, 6) is 1.97. The van der Waals surface area contributed by atoms with E-state index in [1.54, 1.807) is 0 Å². The maximum Gasteiger partial charge on any atom is 0.113 e. The first-order chi connectivity index (χ1) is 8.33. The Morgan fingerprint density at radius 2 is 2.35 bits per heavy atom. The molecule has 17 heavy (non-hydrogen) atoms. The highest BCUT2D eigenvalue weighted by Crippen LogP contribution is 2.19. The van der Waals surface area contributed by atoms with Crippen molar-refractivity contribution in [1.82, 2.24) is 14.3 Å². The number of aromatic nitrogens is 2. The third-order valence-corrected chi connectivity index (χ3v) is 3.71. The molecule has 1 aliphatic rings. The van der Waals surface area contributed by atoms with Crippen molar-refractivity contribution in [3.63, 3.8) is 0 Å². The molecule has 1 aliphatic heterocycles. The number of hydrogen-bond donors (Lipinski definition) is 0. The summed E-state index contributed by atoms with van der Waals surface area (Å²) in [4.78, 5) is 6.99. The van der Waals surface area contributed by atoms with Gasteiger partial charge in [0.1, 0.15) is 5.82 Å². The molecule has 0 spiro atoms. The molecule has 0 aromatic carbocycles. The minimum Gasteiger partial charge on any atom is -0.306 e. The average molecular weight is 229 g/mol. The van der Waals surface area contributed by atoms with Gasteiger partial charge in [-0.15, -0.1) is 0 Å². The smallest absolute Gasteiger partial charge is 0.113 e. The summed E-state index contributed by atoms with van der Waals surface area (Å²) >= 11 is 0. The van der Waals surface area contributed by atoms with Crippen molar-refractivity contribution < 1.29 is 0 Å². The van der Waals surface area contributed by atoms with Gasteiger partial charge in [-0.3, -0.25) is 0 Å². The van der Waals surface area contributed by atoms with Gasteiger partial charge in [0.25, 0.3) is 0 Å². The second-order valence-electron chi connectivity index (χ2n) is 5.14. The summed E-state index contributed by atoms with van der Waals surface area (Å²) in [5.41, 5.74) is 1.20. The predicted molar refractivity (Wildman–Crippen MR) is 69.1 cm³/mol. The molecule has 3 heteroatoms. The molecule has 0 aliphatic carbocycles. The topological polar surface area (TPSA) is 20.5 Å². The predicted octanol–water partition coefficient (Wildman–Crippen LogP) is 2.22. The summed E-state index contributed by atoms with van der Waals surface area (Å²) in [5, 5.41) is 0. The Hall–Kier alpha value is -1.35. The molecule has 1 atom stereocenters. The Morgan fingerprint density at radius 3 is 3.24 bits per heavy atom. The van der Waals surface area contributed by atoms with Crippen LogP contribution < -0.4 is 0 Å². The molecule has 3 heterocycles. The first-order valence-corrected chi connectivity index (χ1v) is 6.42. The third kappa shape index (κ3) is 2.20. The lowest BCUT2D eigenvalue weighted by Crippen LogP contribution is -2.33. The first-order valence-electron chi connectivity index (χ1n) is 6.42. The van der Waals surface area contributed by atoms with Gasteiger partial charge in [-0.1, -0.05) is 6.07 Å². The lowest BCUT2D eigenvalue weighted by Gasteiger charge is -2.29. The Balaban J connectivity index is 1.80. The minimum atomic E-state index is 0.763. The van der Waals surface area contributed by atoms with E-state index in [1.165, 1.54) is 37.3 Å². The fraction of sp³-hybridized carbons (Fsp3) is 0.500. The van der Waals surface area contributed by atoms with Gasteiger partial charge in [-0.05, 0) is 44.5 Å². The van der Waals surface area contributed by atoms with E-state index in [-0.39, 0.29) is 0 Å². The maximum atomic E-state index is 4.56. The molecule has 0 amide bonds. The van der Waals surface area contributed by atoms with Crippen LogP contribution in [0.4, 0.5) is 0 Å². The monoisotopic (exact) mass is 229 g/mol. The Labute approximate surface area is 102 Å². The maximum absolute atomic E-state index is 4.56. The standard InChI is InChI=1S/C14H19N3/c1-16-7-4-5-12(11-16)9-14-15-10-13-6-2-3-8-17(13)14/h2-3,6,8,10,12H,4-5,7,9,11H2,1H3. The number of fused-ring (bicyclic) bond motifs is 1. The van der Waals surface area contributed by atoms with E-state index in [0.29, 0.717) is 0 Å². The fourth-order valence-corrected chi connectivity index (χ4v) is 2.85. The number of likely N-dealkylation sites (tertiary alicyclic amines) is 1. The van der Waals surface area contributed by atoms with Crippen LogP contribution in [-0.2, 0) is 6.42 Å². The van der Waals surface area contributed by atoms with Crippen LogP contribution in [0.1, 0.15) is 18.7 Å². The van der Waals surface area contributed by atoms with Crippen molar-refractivity contribution in [2.75, 3.05) is 20.1 Å². The van der Waals surface area contributed by atoms with Crippen LogP contribution in [0.5, 0.6) is 0 Å². The summed E-state index contributed by atoms with van der Waals surface area (Å²) in [7, 11) is 2.22. The van der Waals surface area contributed by atoms with Crippen LogP contribution in [0.2, 0.25) is 0 Å². The van der Waals surface area contributed by atoms with E-state index in [2.05, 4.69) is 45.7 Å². The molecule has 0 N–H and O–H groups in total. The van der Waals surface area contributed by atoms with Gasteiger partial charge in [0, 0.05) is 19.2 Å². The fourth-order valence-electron chi connectivity index (χ4n) is 2.85. The second kappa shape index (κ2) is 4.49. The second-order valence-corrected chi connectivity index (χ2v) is 5.14. The average Bonchev–Trinajstić information content (AvgIpc) is 2.73. The van der Waals surface area contributed by atoms with Crippen LogP contribution in [0, 0.1) is 5.92 Å². The van der Waals surface area contributed by atoms with Gasteiger partial charge in [-0.25, -0.2) is 4.98 Å². The molecular formula is C14H19N3. The normalized spacial score (nSPS) is 22.1. The molecule has 90 valence electrons. The molecule has 3 rings (SSSR count). The summed E-state index contributed by atoms with van der Waals surface area (Å²) < 4.78 is 2.22. The minimum absolute atomic E-state index is 0.763. The number of hydrogen-bond acceptors (Lipinski definition) is 2. The molecule has 0 bridgehead atoms. The first kappa shape index (κ1) is 10.8. The molecule has 1 unspecified atom stereocenters. The van der Waals surface area contributed by atoms with Gasteiger partial charge in [-0.2, -0.15) is 0 Å². The van der Waals surface area contributed by atoms with Crippen LogP contribution in [0.25, 0.3) is 5.52 Å². The van der Waals surface area contributed by atoms with Gasteiger partial charge >= 0.3 is 0 Å². The van der Waals surface area contributed by atoms with E-state index in [4.69, 9.17) is 0 Å². The lowest BCUT2D eigenvalue weighted by molar-refractivity contribution is 0.207. The highest BCUT2D eigenvalue weighted by molar-refractivity contribution is 5.45. The van der Waals surface area contributed by atoms with Gasteiger partial charge in [0.05, 0.1) is 11.7 Å². The molecule has 1 fully saturated rings. The van der Waals surface area contributed by atoms with Crippen molar-refractivity contribution in [2.45, 2.75) is 19.3 Å². The third-order valence-electron chi connectivity index (χ3n) is 3.71. The molecular weight excluding hydrogens is 210 g/mol. The van der Waals surface area contributed by atoms with Crippen molar-refractivity contribution in [3.8, 4) is 0 Å². The van der Waals surface area contributed by atoms with Crippen LogP contribution in [0.15, 0.2) is 30.6 Å². The number of nitrogens with zero attached hydrogens (tertiary/aromatic N) is 3. The highest BCUT2D eigenvalue weighted by Gasteiger charge is 2.19. The summed E-state index contributed by atoms with van der Waals surface area (Å²) in [6.07, 6.45) is 7.85.